The molecule has 22 heavy (non-hydrogen) atoms. The summed E-state index contributed by atoms with van der Waals surface area (Å²) in [6.45, 7) is 0. The molecule has 1 aromatic heterocycles. The number of benzene rings is 1. The predicted molar refractivity (Wildman–Crippen MR) is 78.1 cm³/mol. The van der Waals surface area contributed by atoms with Gasteiger partial charge in [-0.25, -0.2) is 0 Å². The highest BCUT2D eigenvalue weighted by molar-refractivity contribution is 5.93. The summed E-state index contributed by atoms with van der Waals surface area (Å²) in [5.74, 6) is 0.715. The lowest BCUT2D eigenvalue weighted by Gasteiger charge is -2.18. The number of aromatic nitrogens is 4. The maximum absolute atomic E-state index is 12.3. The molecule has 0 radical (unpaired) electrons. The molecule has 2 aliphatic heterocycles. The Labute approximate surface area is 127 Å². The molecule has 3 unspecified atom stereocenters. The van der Waals surface area contributed by atoms with E-state index in [1.807, 2.05) is 24.3 Å². The molecule has 2 aliphatic rings. The van der Waals surface area contributed by atoms with Crippen molar-refractivity contribution in [2.24, 2.45) is 5.92 Å². The van der Waals surface area contributed by atoms with Crippen LogP contribution in [-0.4, -0.2) is 38.7 Å². The van der Waals surface area contributed by atoms with Gasteiger partial charge in [-0.1, -0.05) is 17.3 Å². The number of aromatic amines is 1. The summed E-state index contributed by atoms with van der Waals surface area (Å²) in [5.41, 5.74) is 1.88. The van der Waals surface area contributed by atoms with Crippen molar-refractivity contribution in [2.75, 3.05) is 5.32 Å². The second kappa shape index (κ2) is 5.49. The molecule has 1 aromatic carbocycles. The Hall–Kier alpha value is -2.28. The molecular formula is C15H17N5O2. The van der Waals surface area contributed by atoms with Gasteiger partial charge < -0.3 is 10.1 Å². The third-order valence-electron chi connectivity index (χ3n) is 4.42. The molecule has 2 saturated heterocycles. The number of rotatable bonds is 4. The molecule has 2 aromatic rings. The summed E-state index contributed by atoms with van der Waals surface area (Å²) in [6.07, 6.45) is 3.98. The highest BCUT2D eigenvalue weighted by atomic mass is 16.5. The molecule has 2 fully saturated rings. The zero-order valence-corrected chi connectivity index (χ0v) is 12.0. The fourth-order valence-corrected chi connectivity index (χ4v) is 3.29. The minimum Gasteiger partial charge on any atom is -0.374 e. The molecule has 3 heterocycles. The number of carbonyl (C=O) groups excluding carboxylic acids is 1. The van der Waals surface area contributed by atoms with Crippen molar-refractivity contribution in [2.45, 2.75) is 37.9 Å². The van der Waals surface area contributed by atoms with Crippen LogP contribution in [-0.2, 0) is 16.0 Å². The molecule has 4 rings (SSSR count). The van der Waals surface area contributed by atoms with E-state index in [2.05, 4.69) is 25.9 Å². The van der Waals surface area contributed by atoms with Crippen LogP contribution in [0.1, 0.15) is 30.7 Å². The molecule has 1 amide bonds. The summed E-state index contributed by atoms with van der Waals surface area (Å²) in [7, 11) is 0. The highest BCUT2D eigenvalue weighted by Crippen LogP contribution is 2.39. The average Bonchev–Trinajstić information content (AvgIpc) is 3.26. The molecule has 114 valence electrons. The number of nitrogens with one attached hydrogen (secondary N) is 2. The van der Waals surface area contributed by atoms with Crippen LogP contribution in [0.2, 0.25) is 0 Å². The fourth-order valence-electron chi connectivity index (χ4n) is 3.29. The predicted octanol–water partition coefficient (Wildman–Crippen LogP) is 1.30. The number of tetrazole rings is 1. The number of anilines is 1. The van der Waals surface area contributed by atoms with Gasteiger partial charge in [-0.05, 0) is 37.0 Å². The van der Waals surface area contributed by atoms with E-state index in [0.717, 1.165) is 30.5 Å². The average molecular weight is 299 g/mol. The second-order valence-electron chi connectivity index (χ2n) is 5.91. The van der Waals surface area contributed by atoms with Gasteiger partial charge in [0.1, 0.15) is 0 Å². The molecular weight excluding hydrogens is 282 g/mol. The third-order valence-corrected chi connectivity index (χ3v) is 4.42. The van der Waals surface area contributed by atoms with E-state index in [-0.39, 0.29) is 24.0 Å². The SMILES string of the molecule is O=C(Nc1ccc(Cc2nn[nH]n2)cc1)C1CC2CCC1O2. The number of hydrogen-bond donors (Lipinski definition) is 2. The number of hydrogen-bond acceptors (Lipinski definition) is 5. The van der Waals surface area contributed by atoms with Crippen LogP contribution in [0.25, 0.3) is 0 Å². The smallest absolute Gasteiger partial charge is 0.230 e. The van der Waals surface area contributed by atoms with Crippen LogP contribution in [0.3, 0.4) is 0 Å². The Morgan fingerprint density at radius 3 is 2.82 bits per heavy atom. The van der Waals surface area contributed by atoms with Gasteiger partial charge in [0, 0.05) is 12.1 Å². The summed E-state index contributed by atoms with van der Waals surface area (Å²) in [5, 5.41) is 16.8. The van der Waals surface area contributed by atoms with E-state index in [0.29, 0.717) is 12.2 Å². The Bertz CT molecular complexity index is 655. The second-order valence-corrected chi connectivity index (χ2v) is 5.91. The van der Waals surface area contributed by atoms with Gasteiger partial charge in [0.05, 0.1) is 18.1 Å². The number of nitrogens with zero attached hydrogens (tertiary/aromatic N) is 3. The first-order chi connectivity index (χ1) is 10.8. The van der Waals surface area contributed by atoms with Crippen LogP contribution >= 0.6 is 0 Å². The number of amides is 1. The van der Waals surface area contributed by atoms with Crippen LogP contribution in [0.4, 0.5) is 5.69 Å². The van der Waals surface area contributed by atoms with Crippen LogP contribution in [0, 0.1) is 5.92 Å². The normalized spacial score (nSPS) is 26.3. The summed E-state index contributed by atoms with van der Waals surface area (Å²) < 4.78 is 5.74. The van der Waals surface area contributed by atoms with Crippen LogP contribution in [0.15, 0.2) is 24.3 Å². The standard InChI is InChI=1S/C15H17N5O2/c21-15(12-8-11-5-6-13(12)22-11)16-10-3-1-9(2-4-10)7-14-17-19-20-18-14/h1-4,11-13H,5-8H2,(H,16,21)(H,17,18,19,20). The zero-order valence-electron chi connectivity index (χ0n) is 12.0. The molecule has 2 bridgehead atoms. The number of fused-ring (bicyclic) bond motifs is 2. The van der Waals surface area contributed by atoms with E-state index in [9.17, 15) is 4.79 Å². The van der Waals surface area contributed by atoms with Crippen molar-refractivity contribution in [3.63, 3.8) is 0 Å². The molecule has 0 aliphatic carbocycles. The fraction of sp³-hybridized carbons (Fsp3) is 0.467. The van der Waals surface area contributed by atoms with E-state index in [4.69, 9.17) is 4.74 Å². The van der Waals surface area contributed by atoms with E-state index < -0.39 is 0 Å². The van der Waals surface area contributed by atoms with Crippen molar-refractivity contribution in [3.05, 3.63) is 35.7 Å². The van der Waals surface area contributed by atoms with Crippen molar-refractivity contribution < 1.29 is 9.53 Å². The summed E-state index contributed by atoms with van der Waals surface area (Å²) in [6, 6.07) is 7.73. The van der Waals surface area contributed by atoms with Gasteiger partial charge in [0.25, 0.3) is 0 Å². The number of ether oxygens (including phenoxy) is 1. The molecule has 2 N–H and O–H groups in total. The van der Waals surface area contributed by atoms with Gasteiger partial charge in [-0.2, -0.15) is 5.21 Å². The number of carbonyl (C=O) groups is 1. The first-order valence-corrected chi connectivity index (χ1v) is 7.55. The molecule has 0 saturated carbocycles. The van der Waals surface area contributed by atoms with Crippen molar-refractivity contribution >= 4 is 11.6 Å². The van der Waals surface area contributed by atoms with Gasteiger partial charge in [-0.3, -0.25) is 4.79 Å². The van der Waals surface area contributed by atoms with Crippen molar-refractivity contribution in [3.8, 4) is 0 Å². The van der Waals surface area contributed by atoms with Crippen molar-refractivity contribution in [1.82, 2.24) is 20.6 Å². The van der Waals surface area contributed by atoms with E-state index in [1.165, 1.54) is 0 Å². The Kier molecular flexibility index (Phi) is 3.34. The van der Waals surface area contributed by atoms with E-state index in [1.54, 1.807) is 0 Å². The Balaban J connectivity index is 1.38. The lowest BCUT2D eigenvalue weighted by atomic mass is 9.88. The Morgan fingerprint density at radius 2 is 2.18 bits per heavy atom. The van der Waals surface area contributed by atoms with Gasteiger partial charge in [0.2, 0.25) is 5.91 Å². The van der Waals surface area contributed by atoms with Crippen LogP contribution < -0.4 is 5.32 Å². The lowest BCUT2D eigenvalue weighted by Crippen LogP contribution is -2.30. The van der Waals surface area contributed by atoms with Gasteiger partial charge in [-0.15, -0.1) is 10.2 Å². The molecule has 7 nitrogen and oxygen atoms in total. The first kappa shape index (κ1) is 13.4. The topological polar surface area (TPSA) is 92.8 Å². The molecule has 3 atom stereocenters. The summed E-state index contributed by atoms with van der Waals surface area (Å²) >= 11 is 0. The quantitative estimate of drug-likeness (QED) is 0.887. The van der Waals surface area contributed by atoms with Gasteiger partial charge in [0.15, 0.2) is 5.82 Å². The monoisotopic (exact) mass is 299 g/mol. The summed E-state index contributed by atoms with van der Waals surface area (Å²) in [4.78, 5) is 12.3. The molecule has 7 heteroatoms. The first-order valence-electron chi connectivity index (χ1n) is 7.55. The van der Waals surface area contributed by atoms with E-state index >= 15 is 0 Å². The van der Waals surface area contributed by atoms with Gasteiger partial charge >= 0.3 is 0 Å². The van der Waals surface area contributed by atoms with Crippen LogP contribution in [0.5, 0.6) is 0 Å². The Morgan fingerprint density at radius 1 is 1.32 bits per heavy atom. The minimum atomic E-state index is -0.00208. The maximum Gasteiger partial charge on any atom is 0.230 e. The maximum atomic E-state index is 12.3. The van der Waals surface area contributed by atoms with Crippen molar-refractivity contribution in [1.29, 1.82) is 0 Å². The third kappa shape index (κ3) is 2.59. The number of H-pyrrole nitrogens is 1. The minimum absolute atomic E-state index is 0.00208. The largest absolute Gasteiger partial charge is 0.374 e. The lowest BCUT2D eigenvalue weighted by molar-refractivity contribution is -0.121. The zero-order chi connectivity index (χ0) is 14.9. The molecule has 0 spiro atoms. The highest BCUT2D eigenvalue weighted by Gasteiger charge is 2.44.